The normalized spacial score (nSPS) is 10.3. The molecule has 2 aromatic rings. The molecule has 0 aliphatic carbocycles. The molecule has 0 spiro atoms. The quantitative estimate of drug-likeness (QED) is 0.447. The molecule has 0 aliphatic heterocycles. The molecule has 0 atom stereocenters. The second kappa shape index (κ2) is 7.45. The number of carbonyl (C=O) groups excluding carboxylic acids is 1. The Kier molecular flexibility index (Phi) is 5.36. The molecular formula is C17H20N2O3. The molecule has 0 aliphatic rings. The first kappa shape index (κ1) is 15.8. The predicted molar refractivity (Wildman–Crippen MR) is 84.9 cm³/mol. The summed E-state index contributed by atoms with van der Waals surface area (Å²) in [7, 11) is 1.77. The molecule has 0 saturated carbocycles. The van der Waals surface area contributed by atoms with Crippen molar-refractivity contribution in [3.8, 4) is 17.0 Å². The maximum atomic E-state index is 12.0. The number of carbonyl (C=O) groups is 1. The number of benzene rings is 1. The summed E-state index contributed by atoms with van der Waals surface area (Å²) in [6, 6.07) is 7.52. The molecule has 0 fully saturated rings. The van der Waals surface area contributed by atoms with Gasteiger partial charge in [-0.3, -0.25) is 4.68 Å². The van der Waals surface area contributed by atoms with E-state index in [0.29, 0.717) is 24.5 Å². The number of aryl methyl sites for hydroxylation is 1. The standard InChI is InChI=1S/C17H20N2O3/c1-4-6-10-22-14-9-7-8-13(11-14)16-15(12-19(3)18-16)17(20)21-5-2/h4,7-9,11-12H,1,5-6,10H2,2-3H3. The third-order valence-corrected chi connectivity index (χ3v) is 3.02. The summed E-state index contributed by atoms with van der Waals surface area (Å²) < 4.78 is 12.3. The van der Waals surface area contributed by atoms with E-state index in [1.165, 1.54) is 0 Å². The highest BCUT2D eigenvalue weighted by Crippen LogP contribution is 2.26. The minimum atomic E-state index is -0.372. The van der Waals surface area contributed by atoms with Crippen molar-refractivity contribution in [2.24, 2.45) is 7.05 Å². The Morgan fingerprint density at radius 1 is 1.45 bits per heavy atom. The average molecular weight is 300 g/mol. The molecule has 22 heavy (non-hydrogen) atoms. The Morgan fingerprint density at radius 3 is 3.00 bits per heavy atom. The fraction of sp³-hybridized carbons (Fsp3) is 0.294. The molecular weight excluding hydrogens is 280 g/mol. The largest absolute Gasteiger partial charge is 0.493 e. The summed E-state index contributed by atoms with van der Waals surface area (Å²) in [5.74, 6) is 0.364. The van der Waals surface area contributed by atoms with Crippen molar-refractivity contribution in [2.45, 2.75) is 13.3 Å². The lowest BCUT2D eigenvalue weighted by atomic mass is 10.1. The van der Waals surface area contributed by atoms with E-state index in [2.05, 4.69) is 11.7 Å². The predicted octanol–water partition coefficient (Wildman–Crippen LogP) is 3.22. The van der Waals surface area contributed by atoms with Gasteiger partial charge in [-0.2, -0.15) is 5.10 Å². The van der Waals surface area contributed by atoms with E-state index >= 15 is 0 Å². The van der Waals surface area contributed by atoms with E-state index in [9.17, 15) is 4.79 Å². The zero-order valence-corrected chi connectivity index (χ0v) is 12.9. The van der Waals surface area contributed by atoms with Crippen molar-refractivity contribution in [3.05, 3.63) is 48.7 Å². The van der Waals surface area contributed by atoms with Crippen LogP contribution in [0, 0.1) is 0 Å². The number of aromatic nitrogens is 2. The van der Waals surface area contributed by atoms with Crippen molar-refractivity contribution in [1.29, 1.82) is 0 Å². The van der Waals surface area contributed by atoms with E-state index in [1.807, 2.05) is 30.3 Å². The van der Waals surface area contributed by atoms with Gasteiger partial charge >= 0.3 is 5.97 Å². The number of ether oxygens (including phenoxy) is 2. The van der Waals surface area contributed by atoms with Gasteiger partial charge in [0, 0.05) is 18.8 Å². The van der Waals surface area contributed by atoms with Crippen LogP contribution in [0.5, 0.6) is 5.75 Å². The number of rotatable bonds is 7. The molecule has 5 heteroatoms. The Morgan fingerprint density at radius 2 is 2.27 bits per heavy atom. The Balaban J connectivity index is 2.29. The molecule has 0 amide bonds. The summed E-state index contributed by atoms with van der Waals surface area (Å²) in [5.41, 5.74) is 1.86. The number of hydrogen-bond acceptors (Lipinski definition) is 4. The van der Waals surface area contributed by atoms with Crippen molar-refractivity contribution in [2.75, 3.05) is 13.2 Å². The molecule has 116 valence electrons. The van der Waals surface area contributed by atoms with Gasteiger partial charge in [0.2, 0.25) is 0 Å². The van der Waals surface area contributed by atoms with Crippen molar-refractivity contribution in [3.63, 3.8) is 0 Å². The van der Waals surface area contributed by atoms with Crippen LogP contribution in [0.15, 0.2) is 43.1 Å². The van der Waals surface area contributed by atoms with E-state index < -0.39 is 0 Å². The Hall–Kier alpha value is -2.56. The lowest BCUT2D eigenvalue weighted by molar-refractivity contribution is 0.0527. The van der Waals surface area contributed by atoms with Gasteiger partial charge in [-0.25, -0.2) is 4.79 Å². The molecule has 0 radical (unpaired) electrons. The van der Waals surface area contributed by atoms with Crippen LogP contribution >= 0.6 is 0 Å². The van der Waals surface area contributed by atoms with Gasteiger partial charge in [0.05, 0.1) is 13.2 Å². The first-order valence-corrected chi connectivity index (χ1v) is 7.20. The highest BCUT2D eigenvalue weighted by Gasteiger charge is 2.18. The topological polar surface area (TPSA) is 53.4 Å². The molecule has 0 saturated heterocycles. The summed E-state index contributed by atoms with van der Waals surface area (Å²) in [4.78, 5) is 12.0. The molecule has 2 rings (SSSR count). The van der Waals surface area contributed by atoms with Crippen molar-refractivity contribution < 1.29 is 14.3 Å². The smallest absolute Gasteiger partial charge is 0.341 e. The summed E-state index contributed by atoms with van der Waals surface area (Å²) >= 11 is 0. The van der Waals surface area contributed by atoms with E-state index in [1.54, 1.807) is 24.9 Å². The lowest BCUT2D eigenvalue weighted by Gasteiger charge is -2.07. The van der Waals surface area contributed by atoms with Gasteiger partial charge in [0.1, 0.15) is 17.0 Å². The van der Waals surface area contributed by atoms with Gasteiger partial charge in [-0.05, 0) is 25.5 Å². The maximum absolute atomic E-state index is 12.0. The first-order valence-electron chi connectivity index (χ1n) is 7.20. The molecule has 1 heterocycles. The van der Waals surface area contributed by atoms with Crippen LogP contribution in [-0.2, 0) is 11.8 Å². The van der Waals surface area contributed by atoms with Gasteiger partial charge in [-0.15, -0.1) is 6.58 Å². The minimum absolute atomic E-state index is 0.331. The third-order valence-electron chi connectivity index (χ3n) is 3.02. The summed E-state index contributed by atoms with van der Waals surface area (Å²) in [6.07, 6.45) is 4.25. The zero-order valence-electron chi connectivity index (χ0n) is 12.9. The van der Waals surface area contributed by atoms with Gasteiger partial charge in [-0.1, -0.05) is 18.2 Å². The number of nitrogens with zero attached hydrogens (tertiary/aromatic N) is 2. The first-order chi connectivity index (χ1) is 10.7. The van der Waals surface area contributed by atoms with Crippen LogP contribution in [0.2, 0.25) is 0 Å². The van der Waals surface area contributed by atoms with Crippen LogP contribution in [0.3, 0.4) is 0 Å². The summed E-state index contributed by atoms with van der Waals surface area (Å²) in [5, 5.41) is 4.37. The van der Waals surface area contributed by atoms with Crippen molar-refractivity contribution in [1.82, 2.24) is 9.78 Å². The third kappa shape index (κ3) is 3.75. The molecule has 0 bridgehead atoms. The highest BCUT2D eigenvalue weighted by atomic mass is 16.5. The monoisotopic (exact) mass is 300 g/mol. The van der Waals surface area contributed by atoms with Crippen molar-refractivity contribution >= 4 is 5.97 Å². The van der Waals surface area contributed by atoms with Crippen LogP contribution in [0.1, 0.15) is 23.7 Å². The zero-order chi connectivity index (χ0) is 15.9. The molecule has 5 nitrogen and oxygen atoms in total. The highest BCUT2D eigenvalue weighted by molar-refractivity contribution is 5.96. The number of esters is 1. The van der Waals surface area contributed by atoms with Crippen LogP contribution in [-0.4, -0.2) is 29.0 Å². The van der Waals surface area contributed by atoms with E-state index in [0.717, 1.165) is 17.7 Å². The minimum Gasteiger partial charge on any atom is -0.493 e. The Bertz CT molecular complexity index is 662. The lowest BCUT2D eigenvalue weighted by Crippen LogP contribution is -2.05. The molecule has 1 aromatic carbocycles. The number of hydrogen-bond donors (Lipinski definition) is 0. The van der Waals surface area contributed by atoms with Crippen LogP contribution in [0.4, 0.5) is 0 Å². The fourth-order valence-electron chi connectivity index (χ4n) is 2.05. The van der Waals surface area contributed by atoms with Crippen LogP contribution in [0.25, 0.3) is 11.3 Å². The average Bonchev–Trinajstić information content (AvgIpc) is 2.90. The molecule has 0 unspecified atom stereocenters. The maximum Gasteiger partial charge on any atom is 0.341 e. The molecule has 1 aromatic heterocycles. The summed E-state index contributed by atoms with van der Waals surface area (Å²) in [6.45, 7) is 6.34. The van der Waals surface area contributed by atoms with E-state index in [4.69, 9.17) is 9.47 Å². The van der Waals surface area contributed by atoms with Gasteiger partial charge in [0.25, 0.3) is 0 Å². The second-order valence-corrected chi connectivity index (χ2v) is 4.74. The van der Waals surface area contributed by atoms with Gasteiger partial charge < -0.3 is 9.47 Å². The molecule has 0 N–H and O–H groups in total. The fourth-order valence-corrected chi connectivity index (χ4v) is 2.05. The van der Waals surface area contributed by atoms with Gasteiger partial charge in [0.15, 0.2) is 0 Å². The SMILES string of the molecule is C=CCCOc1cccc(-c2nn(C)cc2C(=O)OCC)c1. The Labute approximate surface area is 130 Å². The van der Waals surface area contributed by atoms with E-state index in [-0.39, 0.29) is 5.97 Å². The second-order valence-electron chi connectivity index (χ2n) is 4.74. The van der Waals surface area contributed by atoms with Crippen LogP contribution < -0.4 is 4.74 Å².